The van der Waals surface area contributed by atoms with Gasteiger partial charge in [-0.2, -0.15) is 0 Å². The number of carbonyl (C=O) groups is 2. The first-order valence-corrected chi connectivity index (χ1v) is 10.8. The van der Waals surface area contributed by atoms with Crippen molar-refractivity contribution in [1.82, 2.24) is 9.80 Å². The Labute approximate surface area is 186 Å². The fourth-order valence-corrected chi connectivity index (χ4v) is 4.57. The molecule has 0 aliphatic carbocycles. The van der Waals surface area contributed by atoms with E-state index in [2.05, 4.69) is 11.8 Å². The van der Waals surface area contributed by atoms with Crippen LogP contribution in [0.15, 0.2) is 48.2 Å². The van der Waals surface area contributed by atoms with E-state index in [1.807, 2.05) is 30.0 Å². The largest absolute Gasteiger partial charge is 0.364 e. The first-order chi connectivity index (χ1) is 14.4. The fraction of sp³-hybridized carbons (Fsp3) is 0.304. The molecule has 30 heavy (non-hydrogen) atoms. The number of piperazine rings is 1. The van der Waals surface area contributed by atoms with Crippen LogP contribution in [-0.2, 0) is 9.59 Å². The number of imide groups is 1. The number of anilines is 1. The van der Waals surface area contributed by atoms with Gasteiger partial charge in [0.25, 0.3) is 11.8 Å². The highest BCUT2D eigenvalue weighted by atomic mass is 35.5. The highest BCUT2D eigenvalue weighted by Crippen LogP contribution is 2.39. The number of nitrogens with zero attached hydrogens (tertiary/aromatic N) is 3. The minimum absolute atomic E-state index is 0.305. The van der Waals surface area contributed by atoms with Gasteiger partial charge in [-0.25, -0.2) is 4.90 Å². The predicted molar refractivity (Wildman–Crippen MR) is 121 cm³/mol. The van der Waals surface area contributed by atoms with Crippen LogP contribution in [0, 0.1) is 6.92 Å². The van der Waals surface area contributed by atoms with E-state index in [0.29, 0.717) is 45.7 Å². The molecule has 0 radical (unpaired) electrons. The number of hydrogen-bond acceptors (Lipinski definition) is 4. The Kier molecular flexibility index (Phi) is 5.87. The summed E-state index contributed by atoms with van der Waals surface area (Å²) in [5, 5.41) is 0.838. The van der Waals surface area contributed by atoms with Gasteiger partial charge in [0.1, 0.15) is 5.70 Å². The van der Waals surface area contributed by atoms with Gasteiger partial charge < -0.3 is 9.80 Å². The maximum atomic E-state index is 13.6. The van der Waals surface area contributed by atoms with Crippen LogP contribution in [0.3, 0.4) is 0 Å². The molecular weight excluding hydrogens is 421 g/mol. The zero-order chi connectivity index (χ0) is 21.4. The zero-order valence-corrected chi connectivity index (χ0v) is 18.5. The summed E-state index contributed by atoms with van der Waals surface area (Å²) in [7, 11) is 0. The van der Waals surface area contributed by atoms with Crippen LogP contribution in [0.1, 0.15) is 18.1 Å². The number of benzene rings is 2. The topological polar surface area (TPSA) is 43.9 Å². The molecule has 4 rings (SSSR count). The second kappa shape index (κ2) is 8.42. The normalized spacial score (nSPS) is 18.0. The monoisotopic (exact) mass is 443 g/mol. The third-order valence-electron chi connectivity index (χ3n) is 5.75. The predicted octanol–water partition coefficient (Wildman–Crippen LogP) is 4.22. The average molecular weight is 444 g/mol. The average Bonchev–Trinajstić information content (AvgIpc) is 2.99. The molecule has 2 amide bonds. The summed E-state index contributed by atoms with van der Waals surface area (Å²) in [6.45, 7) is 8.02. The molecule has 2 aliphatic heterocycles. The summed E-state index contributed by atoms with van der Waals surface area (Å²) in [5.74, 6) is -0.660. The third kappa shape index (κ3) is 3.62. The number of aryl methyl sites for hydroxylation is 1. The minimum atomic E-state index is -0.355. The highest BCUT2D eigenvalue weighted by molar-refractivity contribution is 6.47. The van der Waals surface area contributed by atoms with Crippen molar-refractivity contribution in [3.63, 3.8) is 0 Å². The number of halogens is 2. The summed E-state index contributed by atoms with van der Waals surface area (Å²) in [6, 6.07) is 12.4. The summed E-state index contributed by atoms with van der Waals surface area (Å²) >= 11 is 12.5. The SMILES string of the molecule is CCN1CCN(C2=C(c3ccc(Cl)cc3Cl)C(=O)N(c3ccccc3C)C2=O)CC1. The van der Waals surface area contributed by atoms with E-state index in [1.165, 1.54) is 4.90 Å². The van der Waals surface area contributed by atoms with E-state index >= 15 is 0 Å². The van der Waals surface area contributed by atoms with Gasteiger partial charge in [-0.3, -0.25) is 9.59 Å². The number of amides is 2. The molecule has 156 valence electrons. The molecule has 0 saturated carbocycles. The van der Waals surface area contributed by atoms with Gasteiger partial charge in [0, 0.05) is 36.8 Å². The third-order valence-corrected chi connectivity index (χ3v) is 6.30. The van der Waals surface area contributed by atoms with E-state index < -0.39 is 0 Å². The Morgan fingerprint density at radius 1 is 0.933 bits per heavy atom. The Bertz CT molecular complexity index is 1040. The van der Waals surface area contributed by atoms with E-state index in [0.717, 1.165) is 25.2 Å². The smallest absolute Gasteiger partial charge is 0.282 e. The lowest BCUT2D eigenvalue weighted by molar-refractivity contribution is -0.120. The van der Waals surface area contributed by atoms with E-state index in [-0.39, 0.29) is 11.8 Å². The Hall–Kier alpha value is -2.34. The molecule has 7 heteroatoms. The van der Waals surface area contributed by atoms with Gasteiger partial charge in [-0.05, 0) is 37.2 Å². The molecule has 0 N–H and O–H groups in total. The summed E-state index contributed by atoms with van der Waals surface area (Å²) in [5.41, 5.74) is 2.75. The van der Waals surface area contributed by atoms with Gasteiger partial charge in [-0.1, -0.05) is 54.4 Å². The van der Waals surface area contributed by atoms with Crippen molar-refractivity contribution < 1.29 is 9.59 Å². The molecule has 0 bridgehead atoms. The van der Waals surface area contributed by atoms with Crippen LogP contribution < -0.4 is 4.90 Å². The van der Waals surface area contributed by atoms with Crippen LogP contribution >= 0.6 is 23.2 Å². The first kappa shape index (κ1) is 20.9. The number of hydrogen-bond donors (Lipinski definition) is 0. The Morgan fingerprint density at radius 3 is 2.27 bits per heavy atom. The molecule has 0 spiro atoms. The van der Waals surface area contributed by atoms with Crippen molar-refractivity contribution in [3.05, 3.63) is 69.3 Å². The van der Waals surface area contributed by atoms with Crippen LogP contribution in [0.25, 0.3) is 5.57 Å². The van der Waals surface area contributed by atoms with E-state index in [9.17, 15) is 9.59 Å². The second-order valence-electron chi connectivity index (χ2n) is 7.50. The molecule has 1 fully saturated rings. The number of likely N-dealkylation sites (N-methyl/N-ethyl adjacent to an activating group) is 1. The molecule has 2 heterocycles. The van der Waals surface area contributed by atoms with Crippen LogP contribution in [-0.4, -0.2) is 54.3 Å². The van der Waals surface area contributed by atoms with Gasteiger partial charge in [0.05, 0.1) is 16.3 Å². The maximum absolute atomic E-state index is 13.6. The highest BCUT2D eigenvalue weighted by Gasteiger charge is 2.43. The van der Waals surface area contributed by atoms with Gasteiger partial charge in [0.15, 0.2) is 0 Å². The van der Waals surface area contributed by atoms with Gasteiger partial charge >= 0.3 is 0 Å². The lowest BCUT2D eigenvalue weighted by Crippen LogP contribution is -2.47. The van der Waals surface area contributed by atoms with Gasteiger partial charge in [0.2, 0.25) is 0 Å². The lowest BCUT2D eigenvalue weighted by Gasteiger charge is -2.36. The Morgan fingerprint density at radius 2 is 1.63 bits per heavy atom. The number of carbonyl (C=O) groups excluding carboxylic acids is 2. The van der Waals surface area contributed by atoms with Crippen molar-refractivity contribution in [2.45, 2.75) is 13.8 Å². The van der Waals surface area contributed by atoms with E-state index in [4.69, 9.17) is 23.2 Å². The molecule has 1 saturated heterocycles. The number of para-hydroxylation sites is 1. The zero-order valence-electron chi connectivity index (χ0n) is 17.0. The summed E-state index contributed by atoms with van der Waals surface area (Å²) in [6.07, 6.45) is 0. The van der Waals surface area contributed by atoms with Crippen LogP contribution in [0.5, 0.6) is 0 Å². The molecule has 0 unspecified atom stereocenters. The Balaban J connectivity index is 1.83. The maximum Gasteiger partial charge on any atom is 0.282 e. The van der Waals surface area contributed by atoms with Crippen LogP contribution in [0.4, 0.5) is 5.69 Å². The van der Waals surface area contributed by atoms with Crippen molar-refractivity contribution in [2.24, 2.45) is 0 Å². The first-order valence-electron chi connectivity index (χ1n) is 10.0. The van der Waals surface area contributed by atoms with Crippen LogP contribution in [0.2, 0.25) is 10.0 Å². The quantitative estimate of drug-likeness (QED) is 0.663. The molecular formula is C23H23Cl2N3O2. The molecule has 2 aromatic carbocycles. The second-order valence-corrected chi connectivity index (χ2v) is 8.34. The van der Waals surface area contributed by atoms with E-state index in [1.54, 1.807) is 24.3 Å². The molecule has 2 aliphatic rings. The fourth-order valence-electron chi connectivity index (χ4n) is 4.07. The lowest BCUT2D eigenvalue weighted by atomic mass is 10.0. The minimum Gasteiger partial charge on any atom is -0.364 e. The molecule has 5 nitrogen and oxygen atoms in total. The summed E-state index contributed by atoms with van der Waals surface area (Å²) in [4.78, 5) is 32.8. The summed E-state index contributed by atoms with van der Waals surface area (Å²) < 4.78 is 0. The van der Waals surface area contributed by atoms with Crippen molar-refractivity contribution in [3.8, 4) is 0 Å². The molecule has 0 aromatic heterocycles. The molecule has 0 atom stereocenters. The van der Waals surface area contributed by atoms with Gasteiger partial charge in [-0.15, -0.1) is 0 Å². The van der Waals surface area contributed by atoms with Crippen molar-refractivity contribution >= 4 is 46.3 Å². The molecule has 2 aromatic rings. The van der Waals surface area contributed by atoms with Crippen molar-refractivity contribution in [2.75, 3.05) is 37.6 Å². The standard InChI is InChI=1S/C23H23Cl2N3O2/c1-3-26-10-12-27(13-11-26)21-20(17-9-8-16(24)14-18(17)25)22(29)28(23(21)30)19-7-5-4-6-15(19)2/h4-9,14H,3,10-13H2,1-2H3. The van der Waals surface area contributed by atoms with Crippen molar-refractivity contribution in [1.29, 1.82) is 0 Å². The number of rotatable bonds is 4.